The number of nitrogens with one attached hydrogen (secondary N) is 2. The van der Waals surface area contributed by atoms with E-state index in [1.807, 2.05) is 0 Å². The average molecular weight is 470 g/mol. The van der Waals surface area contributed by atoms with Crippen LogP contribution in [0.2, 0.25) is 0 Å². The SMILES string of the molecule is NC[C@@H](O)CNS(=O)(=O)c1ccc(-c2ccnc(N)c2)c(-c2nn[nH]n2)c1S(N)(=O)=O. The number of aromatic nitrogens is 5. The van der Waals surface area contributed by atoms with Gasteiger partial charge in [0.05, 0.1) is 11.7 Å². The van der Waals surface area contributed by atoms with E-state index in [0.717, 1.165) is 6.07 Å². The van der Waals surface area contributed by atoms with Crippen molar-refractivity contribution in [3.8, 4) is 22.5 Å². The van der Waals surface area contributed by atoms with E-state index in [2.05, 4.69) is 30.3 Å². The van der Waals surface area contributed by atoms with Crippen LogP contribution in [0, 0.1) is 0 Å². The molecule has 1 atom stereocenters. The molecule has 9 N–H and O–H groups in total. The highest BCUT2D eigenvalue weighted by Gasteiger charge is 2.32. The van der Waals surface area contributed by atoms with Gasteiger partial charge in [-0.15, -0.1) is 10.2 Å². The van der Waals surface area contributed by atoms with Gasteiger partial charge in [0.2, 0.25) is 25.9 Å². The highest BCUT2D eigenvalue weighted by atomic mass is 32.2. The van der Waals surface area contributed by atoms with Crippen LogP contribution in [0.25, 0.3) is 22.5 Å². The molecule has 2 aromatic heterocycles. The Morgan fingerprint density at radius 2 is 1.94 bits per heavy atom. The van der Waals surface area contributed by atoms with E-state index in [0.29, 0.717) is 5.56 Å². The summed E-state index contributed by atoms with van der Waals surface area (Å²) >= 11 is 0. The molecule has 14 nitrogen and oxygen atoms in total. The van der Waals surface area contributed by atoms with E-state index in [1.54, 1.807) is 0 Å². The summed E-state index contributed by atoms with van der Waals surface area (Å²) in [6, 6.07) is 5.40. The fourth-order valence-corrected chi connectivity index (χ4v) is 5.44. The molecule has 0 saturated heterocycles. The van der Waals surface area contributed by atoms with Gasteiger partial charge in [0, 0.05) is 19.3 Å². The minimum atomic E-state index is -4.63. The molecule has 0 radical (unpaired) electrons. The van der Waals surface area contributed by atoms with Crippen molar-refractivity contribution >= 4 is 25.9 Å². The second-order valence-electron chi connectivity index (χ2n) is 6.31. The predicted molar refractivity (Wildman–Crippen MR) is 109 cm³/mol. The number of hydrogen-bond acceptors (Lipinski definition) is 11. The summed E-state index contributed by atoms with van der Waals surface area (Å²) in [6.45, 7) is -0.649. The monoisotopic (exact) mass is 469 g/mol. The Hall–Kier alpha value is -3.02. The third-order valence-corrected chi connectivity index (χ3v) is 6.73. The zero-order valence-electron chi connectivity index (χ0n) is 15.8. The van der Waals surface area contributed by atoms with Crippen molar-refractivity contribution in [3.05, 3.63) is 30.5 Å². The van der Waals surface area contributed by atoms with E-state index >= 15 is 0 Å². The molecule has 3 rings (SSSR count). The van der Waals surface area contributed by atoms with E-state index in [1.165, 1.54) is 24.4 Å². The molecule has 1 aromatic carbocycles. The Labute approximate surface area is 177 Å². The van der Waals surface area contributed by atoms with E-state index in [9.17, 15) is 21.9 Å². The topological polar surface area (TPSA) is 246 Å². The fraction of sp³-hybridized carbons (Fsp3) is 0.200. The Balaban J connectivity index is 2.34. The molecule has 0 aliphatic heterocycles. The van der Waals surface area contributed by atoms with Gasteiger partial charge in [-0.25, -0.2) is 31.7 Å². The van der Waals surface area contributed by atoms with Crippen molar-refractivity contribution in [1.82, 2.24) is 30.3 Å². The lowest BCUT2D eigenvalue weighted by Crippen LogP contribution is -2.36. The first-order valence-electron chi connectivity index (χ1n) is 8.58. The summed E-state index contributed by atoms with van der Waals surface area (Å²) in [5, 5.41) is 28.2. The predicted octanol–water partition coefficient (Wildman–Crippen LogP) is -2.24. The van der Waals surface area contributed by atoms with Crippen LogP contribution in [0.4, 0.5) is 5.82 Å². The van der Waals surface area contributed by atoms with Crippen LogP contribution in [0.5, 0.6) is 0 Å². The summed E-state index contributed by atoms with van der Waals surface area (Å²) in [6.07, 6.45) is 0.213. The minimum Gasteiger partial charge on any atom is -0.390 e. The standard InChI is InChI=1S/C15H19N9O5S2/c16-6-9(25)7-20-31(28,29)11-2-1-10(8-3-4-19-12(17)5-8)13(14(11)30(18,26)27)15-21-23-24-22-15/h1-5,9,20,25H,6-7,16H2,(H2,17,19)(H2,18,26,27)(H,21,22,23,24)/t9-/m1/s1. The number of aliphatic hydroxyl groups is 1. The first-order chi connectivity index (χ1) is 14.5. The van der Waals surface area contributed by atoms with Crippen molar-refractivity contribution in [1.29, 1.82) is 0 Å². The number of benzene rings is 1. The van der Waals surface area contributed by atoms with Crippen LogP contribution in [0.1, 0.15) is 0 Å². The molecule has 2 heterocycles. The quantitative estimate of drug-likeness (QED) is 0.206. The van der Waals surface area contributed by atoms with Gasteiger partial charge in [0.25, 0.3) is 0 Å². The molecule has 166 valence electrons. The van der Waals surface area contributed by atoms with E-state index in [4.69, 9.17) is 16.6 Å². The molecule has 3 aromatic rings. The zero-order valence-corrected chi connectivity index (χ0v) is 17.4. The van der Waals surface area contributed by atoms with Crippen LogP contribution in [-0.2, 0) is 20.0 Å². The van der Waals surface area contributed by atoms with Crippen LogP contribution in [0.3, 0.4) is 0 Å². The number of hydrogen-bond donors (Lipinski definition) is 6. The molecule has 0 saturated carbocycles. The summed E-state index contributed by atoms with van der Waals surface area (Å²) in [4.78, 5) is 2.46. The number of aliphatic hydroxyl groups excluding tert-OH is 1. The molecule has 31 heavy (non-hydrogen) atoms. The second-order valence-corrected chi connectivity index (χ2v) is 9.54. The van der Waals surface area contributed by atoms with Gasteiger partial charge in [0.1, 0.15) is 15.6 Å². The number of rotatable bonds is 8. The third kappa shape index (κ3) is 4.84. The number of tetrazole rings is 1. The lowest BCUT2D eigenvalue weighted by Gasteiger charge is -2.17. The summed E-state index contributed by atoms with van der Waals surface area (Å²) in [5.41, 5.74) is 11.4. The molecule has 0 spiro atoms. The van der Waals surface area contributed by atoms with Gasteiger partial charge < -0.3 is 16.6 Å². The number of nitrogens with zero attached hydrogens (tertiary/aromatic N) is 4. The molecule has 0 aliphatic rings. The number of pyridine rings is 1. The second kappa shape index (κ2) is 8.61. The Morgan fingerprint density at radius 3 is 2.52 bits per heavy atom. The first-order valence-corrected chi connectivity index (χ1v) is 11.6. The minimum absolute atomic E-state index is 0.142. The largest absolute Gasteiger partial charge is 0.390 e. The number of sulfonamides is 2. The van der Waals surface area contributed by atoms with Crippen LogP contribution < -0.4 is 21.3 Å². The van der Waals surface area contributed by atoms with Crippen molar-refractivity contribution < 1.29 is 21.9 Å². The Morgan fingerprint density at radius 1 is 1.19 bits per heavy atom. The number of primary sulfonamides is 1. The highest BCUT2D eigenvalue weighted by molar-refractivity contribution is 7.92. The smallest absolute Gasteiger partial charge is 0.242 e. The lowest BCUT2D eigenvalue weighted by molar-refractivity contribution is 0.186. The van der Waals surface area contributed by atoms with E-state index < -0.39 is 42.5 Å². The maximum absolute atomic E-state index is 12.9. The van der Waals surface area contributed by atoms with Crippen LogP contribution >= 0.6 is 0 Å². The van der Waals surface area contributed by atoms with Gasteiger partial charge in [-0.2, -0.15) is 5.21 Å². The number of aromatic amines is 1. The summed E-state index contributed by atoms with van der Waals surface area (Å²) < 4.78 is 52.9. The number of nitrogens with two attached hydrogens (primary N) is 3. The lowest BCUT2D eigenvalue weighted by atomic mass is 10.00. The normalized spacial score (nSPS) is 13.3. The molecule has 0 amide bonds. The van der Waals surface area contributed by atoms with Crippen molar-refractivity contribution in [2.75, 3.05) is 18.8 Å². The van der Waals surface area contributed by atoms with Crippen LogP contribution in [0.15, 0.2) is 40.3 Å². The van der Waals surface area contributed by atoms with Gasteiger partial charge in [0.15, 0.2) is 0 Å². The molecule has 0 fully saturated rings. The average Bonchev–Trinajstić information content (AvgIpc) is 3.25. The molecule has 16 heteroatoms. The number of nitrogen functional groups attached to an aromatic ring is 1. The van der Waals surface area contributed by atoms with Crippen molar-refractivity contribution in [3.63, 3.8) is 0 Å². The molecule has 0 aliphatic carbocycles. The zero-order chi connectivity index (χ0) is 22.8. The highest BCUT2D eigenvalue weighted by Crippen LogP contribution is 2.38. The van der Waals surface area contributed by atoms with Gasteiger partial charge in [-0.3, -0.25) is 0 Å². The summed E-state index contributed by atoms with van der Waals surface area (Å²) in [7, 11) is -9.08. The summed E-state index contributed by atoms with van der Waals surface area (Å²) in [5.74, 6) is -0.0729. The number of anilines is 1. The Bertz CT molecular complexity index is 1290. The van der Waals surface area contributed by atoms with Crippen molar-refractivity contribution in [2.24, 2.45) is 10.9 Å². The fourth-order valence-electron chi connectivity index (χ4n) is 2.77. The molecule has 0 unspecified atom stereocenters. The van der Waals surface area contributed by atoms with Crippen LogP contribution in [-0.4, -0.2) is 66.7 Å². The third-order valence-electron chi connectivity index (χ3n) is 4.14. The Kier molecular flexibility index (Phi) is 6.30. The molecule has 0 bridgehead atoms. The molecular formula is C15H19N9O5S2. The van der Waals surface area contributed by atoms with Gasteiger partial charge in [-0.05, 0) is 34.5 Å². The maximum atomic E-state index is 12.9. The van der Waals surface area contributed by atoms with Gasteiger partial charge >= 0.3 is 0 Å². The molecular weight excluding hydrogens is 450 g/mol. The number of H-pyrrole nitrogens is 1. The van der Waals surface area contributed by atoms with Gasteiger partial charge in [-0.1, -0.05) is 6.07 Å². The van der Waals surface area contributed by atoms with E-state index in [-0.39, 0.29) is 29.3 Å². The van der Waals surface area contributed by atoms with Crippen molar-refractivity contribution in [2.45, 2.75) is 15.9 Å². The maximum Gasteiger partial charge on any atom is 0.242 e. The first kappa shape index (κ1) is 22.7.